The Morgan fingerprint density at radius 1 is 1.53 bits per heavy atom. The highest BCUT2D eigenvalue weighted by Crippen LogP contribution is 2.12. The van der Waals surface area contributed by atoms with Crippen LogP contribution in [0.5, 0.6) is 0 Å². The summed E-state index contributed by atoms with van der Waals surface area (Å²) in [6.07, 6.45) is 3.91. The lowest BCUT2D eigenvalue weighted by atomic mass is 10.0. The van der Waals surface area contributed by atoms with Crippen LogP contribution in [-0.4, -0.2) is 18.1 Å². The second-order valence-corrected chi connectivity index (χ2v) is 4.06. The highest BCUT2D eigenvalue weighted by molar-refractivity contribution is 5.38. The molecular weight excluding hydrogens is 186 g/mol. The van der Waals surface area contributed by atoms with Gasteiger partial charge in [-0.05, 0) is 43.5 Å². The van der Waals surface area contributed by atoms with E-state index in [4.69, 9.17) is 5.73 Å². The molecule has 0 bridgehead atoms. The molecule has 1 aromatic rings. The second-order valence-electron chi connectivity index (χ2n) is 4.06. The topological polar surface area (TPSA) is 50.9 Å². The van der Waals surface area contributed by atoms with Gasteiger partial charge in [-0.2, -0.15) is 0 Å². The van der Waals surface area contributed by atoms with Crippen molar-refractivity contribution >= 4 is 5.82 Å². The van der Waals surface area contributed by atoms with Gasteiger partial charge in [0.25, 0.3) is 0 Å². The number of anilines is 1. The molecular formula is C12H21N3. The Hall–Kier alpha value is -1.09. The van der Waals surface area contributed by atoms with Gasteiger partial charge in [-0.1, -0.05) is 19.9 Å². The van der Waals surface area contributed by atoms with Gasteiger partial charge in [0, 0.05) is 6.20 Å². The zero-order chi connectivity index (χ0) is 11.1. The molecule has 1 aromatic heterocycles. The Balaban J connectivity index is 2.37. The summed E-state index contributed by atoms with van der Waals surface area (Å²) >= 11 is 0. The van der Waals surface area contributed by atoms with Crippen molar-refractivity contribution in [2.45, 2.75) is 26.7 Å². The monoisotopic (exact) mass is 207 g/mol. The molecule has 0 aromatic carbocycles. The standard InChI is InChI=1S/C12H21N3/c1-3-6-14-9-10(2)8-11-5-4-7-15-12(11)13/h4-5,7,10,14H,3,6,8-9H2,1-2H3,(H2,13,15). The van der Waals surface area contributed by atoms with Crippen LogP contribution < -0.4 is 11.1 Å². The van der Waals surface area contributed by atoms with Gasteiger partial charge in [0.1, 0.15) is 5.82 Å². The maximum Gasteiger partial charge on any atom is 0.126 e. The number of aromatic nitrogens is 1. The molecule has 0 saturated carbocycles. The molecule has 0 saturated heterocycles. The van der Waals surface area contributed by atoms with Crippen molar-refractivity contribution in [3.8, 4) is 0 Å². The SMILES string of the molecule is CCCNCC(C)Cc1cccnc1N. The van der Waals surface area contributed by atoms with E-state index in [-0.39, 0.29) is 0 Å². The third-order valence-electron chi connectivity index (χ3n) is 2.41. The van der Waals surface area contributed by atoms with Gasteiger partial charge >= 0.3 is 0 Å². The second kappa shape index (κ2) is 6.40. The van der Waals surface area contributed by atoms with E-state index in [1.807, 2.05) is 6.07 Å². The summed E-state index contributed by atoms with van der Waals surface area (Å²) in [6.45, 7) is 6.54. The molecule has 1 unspecified atom stereocenters. The summed E-state index contributed by atoms with van der Waals surface area (Å²) in [6, 6.07) is 4.00. The van der Waals surface area contributed by atoms with Crippen molar-refractivity contribution in [1.29, 1.82) is 0 Å². The molecule has 0 aliphatic rings. The lowest BCUT2D eigenvalue weighted by Crippen LogP contribution is -2.23. The zero-order valence-electron chi connectivity index (χ0n) is 9.66. The molecule has 0 radical (unpaired) electrons. The summed E-state index contributed by atoms with van der Waals surface area (Å²) in [5, 5.41) is 3.41. The van der Waals surface area contributed by atoms with E-state index >= 15 is 0 Å². The number of rotatable bonds is 6. The van der Waals surface area contributed by atoms with E-state index < -0.39 is 0 Å². The van der Waals surface area contributed by atoms with Crippen molar-refractivity contribution < 1.29 is 0 Å². The smallest absolute Gasteiger partial charge is 0.126 e. The number of hydrogen-bond acceptors (Lipinski definition) is 3. The van der Waals surface area contributed by atoms with Gasteiger partial charge in [-0.25, -0.2) is 4.98 Å². The fourth-order valence-electron chi connectivity index (χ4n) is 1.60. The van der Waals surface area contributed by atoms with E-state index in [9.17, 15) is 0 Å². The lowest BCUT2D eigenvalue weighted by Gasteiger charge is -2.13. The summed E-state index contributed by atoms with van der Waals surface area (Å²) in [5.41, 5.74) is 6.95. The van der Waals surface area contributed by atoms with E-state index in [1.165, 1.54) is 6.42 Å². The van der Waals surface area contributed by atoms with E-state index in [2.05, 4.69) is 30.2 Å². The highest BCUT2D eigenvalue weighted by atomic mass is 14.9. The minimum Gasteiger partial charge on any atom is -0.383 e. The van der Waals surface area contributed by atoms with Crippen LogP contribution in [0.2, 0.25) is 0 Å². The van der Waals surface area contributed by atoms with Crippen LogP contribution in [0.1, 0.15) is 25.8 Å². The van der Waals surface area contributed by atoms with Crippen LogP contribution >= 0.6 is 0 Å². The molecule has 15 heavy (non-hydrogen) atoms. The number of nitrogen functional groups attached to an aromatic ring is 1. The van der Waals surface area contributed by atoms with Crippen LogP contribution in [0.4, 0.5) is 5.82 Å². The first kappa shape index (κ1) is 12.0. The number of nitrogens with one attached hydrogen (secondary N) is 1. The third-order valence-corrected chi connectivity index (χ3v) is 2.41. The molecule has 0 spiro atoms. The maximum atomic E-state index is 5.79. The Morgan fingerprint density at radius 3 is 3.00 bits per heavy atom. The van der Waals surface area contributed by atoms with Crippen molar-refractivity contribution in [3.63, 3.8) is 0 Å². The van der Waals surface area contributed by atoms with Crippen LogP contribution in [0.3, 0.4) is 0 Å². The molecule has 0 fully saturated rings. The predicted octanol–water partition coefficient (Wildman–Crippen LogP) is 1.84. The molecule has 0 aliphatic heterocycles. The van der Waals surface area contributed by atoms with Crippen LogP contribution in [-0.2, 0) is 6.42 Å². The first-order chi connectivity index (χ1) is 7.24. The summed E-state index contributed by atoms with van der Waals surface area (Å²) in [4.78, 5) is 4.09. The number of nitrogens with zero attached hydrogens (tertiary/aromatic N) is 1. The molecule has 1 atom stereocenters. The number of nitrogens with two attached hydrogens (primary N) is 1. The van der Waals surface area contributed by atoms with Gasteiger partial charge in [0.15, 0.2) is 0 Å². The average Bonchev–Trinajstić information content (AvgIpc) is 2.22. The summed E-state index contributed by atoms with van der Waals surface area (Å²) < 4.78 is 0. The quantitative estimate of drug-likeness (QED) is 0.700. The van der Waals surface area contributed by atoms with Gasteiger partial charge < -0.3 is 11.1 Å². The van der Waals surface area contributed by atoms with Crippen LogP contribution in [0.25, 0.3) is 0 Å². The van der Waals surface area contributed by atoms with Crippen molar-refractivity contribution in [2.75, 3.05) is 18.8 Å². The Kier molecular flexibility index (Phi) is 5.12. The van der Waals surface area contributed by atoms with Crippen molar-refractivity contribution in [2.24, 2.45) is 5.92 Å². The minimum absolute atomic E-state index is 0.600. The molecule has 1 heterocycles. The Morgan fingerprint density at radius 2 is 2.33 bits per heavy atom. The normalized spacial score (nSPS) is 12.7. The fourth-order valence-corrected chi connectivity index (χ4v) is 1.60. The first-order valence-electron chi connectivity index (χ1n) is 5.64. The minimum atomic E-state index is 0.600. The molecule has 1 rings (SSSR count). The van der Waals surface area contributed by atoms with Crippen molar-refractivity contribution in [3.05, 3.63) is 23.9 Å². The van der Waals surface area contributed by atoms with E-state index in [1.54, 1.807) is 6.20 Å². The number of pyridine rings is 1. The maximum absolute atomic E-state index is 5.79. The third kappa shape index (κ3) is 4.30. The van der Waals surface area contributed by atoms with Gasteiger partial charge in [0.2, 0.25) is 0 Å². The highest BCUT2D eigenvalue weighted by Gasteiger charge is 2.05. The molecule has 3 heteroatoms. The molecule has 84 valence electrons. The molecule has 0 aliphatic carbocycles. The van der Waals surface area contributed by atoms with Gasteiger partial charge in [0.05, 0.1) is 0 Å². The fraction of sp³-hybridized carbons (Fsp3) is 0.583. The lowest BCUT2D eigenvalue weighted by molar-refractivity contribution is 0.511. The largest absolute Gasteiger partial charge is 0.383 e. The van der Waals surface area contributed by atoms with Crippen LogP contribution in [0, 0.1) is 5.92 Å². The Bertz CT molecular complexity index is 286. The van der Waals surface area contributed by atoms with Gasteiger partial charge in [-0.3, -0.25) is 0 Å². The van der Waals surface area contributed by atoms with E-state index in [0.29, 0.717) is 11.7 Å². The summed E-state index contributed by atoms with van der Waals surface area (Å²) in [7, 11) is 0. The summed E-state index contributed by atoms with van der Waals surface area (Å²) in [5.74, 6) is 1.27. The zero-order valence-corrected chi connectivity index (χ0v) is 9.66. The average molecular weight is 207 g/mol. The molecule has 0 amide bonds. The molecule has 3 nitrogen and oxygen atoms in total. The van der Waals surface area contributed by atoms with Crippen molar-refractivity contribution in [1.82, 2.24) is 10.3 Å². The number of hydrogen-bond donors (Lipinski definition) is 2. The first-order valence-corrected chi connectivity index (χ1v) is 5.64. The van der Waals surface area contributed by atoms with Gasteiger partial charge in [-0.15, -0.1) is 0 Å². The Labute approximate surface area is 92.1 Å². The molecule has 3 N–H and O–H groups in total. The van der Waals surface area contributed by atoms with Crippen LogP contribution in [0.15, 0.2) is 18.3 Å². The predicted molar refractivity (Wildman–Crippen MR) is 64.7 cm³/mol. The van der Waals surface area contributed by atoms with E-state index in [0.717, 1.165) is 25.1 Å².